The van der Waals surface area contributed by atoms with Gasteiger partial charge in [-0.3, -0.25) is 0 Å². The third-order valence-corrected chi connectivity index (χ3v) is 5.83. The molecule has 0 radical (unpaired) electrons. The molecule has 298 valence electrons. The molecule has 0 aliphatic heterocycles. The molecular weight excluding hydrogens is 728 g/mol. The first-order chi connectivity index (χ1) is 26.1. The van der Waals surface area contributed by atoms with Gasteiger partial charge < -0.3 is 56.8 Å². The first-order valence-electron chi connectivity index (χ1n) is 16.5. The SMILES string of the molecule is CCCOC(=O)OCOc1cccc(C(=O)OOC(=O)c2cccc(OCOC(=O)OCCC)c2OCOC(=O)OCCC)c1OCOC(=O)OCCC. The molecule has 0 spiro atoms. The summed E-state index contributed by atoms with van der Waals surface area (Å²) in [7, 11) is 0. The third-order valence-electron chi connectivity index (χ3n) is 5.83. The average molecular weight is 771 g/mol. The highest BCUT2D eigenvalue weighted by Crippen LogP contribution is 2.34. The highest BCUT2D eigenvalue weighted by atomic mass is 17.2. The number of hydrogen-bond donors (Lipinski definition) is 0. The largest absolute Gasteiger partial charge is 0.511 e. The van der Waals surface area contributed by atoms with Gasteiger partial charge in [0.25, 0.3) is 0 Å². The maximum Gasteiger partial charge on any atom is 0.511 e. The van der Waals surface area contributed by atoms with Crippen molar-refractivity contribution >= 4 is 36.6 Å². The predicted octanol–water partition coefficient (Wildman–Crippen LogP) is 6.21. The summed E-state index contributed by atoms with van der Waals surface area (Å²) in [4.78, 5) is 83.0. The van der Waals surface area contributed by atoms with Crippen molar-refractivity contribution in [1.82, 2.24) is 0 Å². The zero-order valence-corrected chi connectivity index (χ0v) is 30.1. The molecular formula is C34H42O20. The van der Waals surface area contributed by atoms with Crippen LogP contribution in [0.15, 0.2) is 36.4 Å². The van der Waals surface area contributed by atoms with Gasteiger partial charge in [0.1, 0.15) is 11.1 Å². The summed E-state index contributed by atoms with van der Waals surface area (Å²) in [5, 5.41) is 0. The molecule has 0 atom stereocenters. The second-order valence-corrected chi connectivity index (χ2v) is 10.0. The minimum atomic E-state index is -1.31. The molecule has 0 heterocycles. The van der Waals surface area contributed by atoms with Crippen molar-refractivity contribution in [2.24, 2.45) is 0 Å². The van der Waals surface area contributed by atoms with Crippen LogP contribution in [0, 0.1) is 0 Å². The summed E-state index contributed by atoms with van der Waals surface area (Å²) in [6.45, 7) is 4.56. The van der Waals surface area contributed by atoms with Crippen molar-refractivity contribution in [3.63, 3.8) is 0 Å². The molecule has 54 heavy (non-hydrogen) atoms. The number of benzene rings is 2. The molecule has 0 fully saturated rings. The van der Waals surface area contributed by atoms with Crippen molar-refractivity contribution in [3.8, 4) is 23.0 Å². The summed E-state index contributed by atoms with van der Waals surface area (Å²) in [6, 6.07) is 7.66. The van der Waals surface area contributed by atoms with E-state index in [9.17, 15) is 28.8 Å². The number of carbonyl (C=O) groups excluding carboxylic acids is 6. The zero-order valence-electron chi connectivity index (χ0n) is 30.1. The van der Waals surface area contributed by atoms with E-state index in [1.54, 1.807) is 27.7 Å². The van der Waals surface area contributed by atoms with Gasteiger partial charge in [-0.15, -0.1) is 0 Å². The van der Waals surface area contributed by atoms with Crippen LogP contribution >= 0.6 is 0 Å². The average Bonchev–Trinajstić information content (AvgIpc) is 3.17. The van der Waals surface area contributed by atoms with E-state index >= 15 is 0 Å². The van der Waals surface area contributed by atoms with Crippen LogP contribution < -0.4 is 18.9 Å². The summed E-state index contributed by atoms with van der Waals surface area (Å²) in [6.07, 6.45) is -2.02. The van der Waals surface area contributed by atoms with Crippen LogP contribution in [-0.2, 0) is 47.7 Å². The molecule has 2 aromatic rings. The van der Waals surface area contributed by atoms with Gasteiger partial charge in [-0.05, 0) is 49.9 Å². The Kier molecular flexibility index (Phi) is 20.8. The molecule has 0 unspecified atom stereocenters. The molecule has 2 rings (SSSR count). The van der Waals surface area contributed by atoms with Crippen LogP contribution in [0.25, 0.3) is 0 Å². The molecule has 0 amide bonds. The lowest BCUT2D eigenvalue weighted by atomic mass is 10.2. The van der Waals surface area contributed by atoms with Gasteiger partial charge in [-0.2, -0.15) is 0 Å². The zero-order chi connectivity index (χ0) is 39.6. The fourth-order valence-electron chi connectivity index (χ4n) is 3.51. The standard InChI is InChI=1S/C34H42O20/c1-5-15-41-31(37)49-19-45-25-13-9-11-23(27(25)47-21-51-33(39)43-17-7-3)29(35)53-54-30(36)24-12-10-14-26(46-20-50-32(38)42-16-6-2)28(24)48-22-52-34(40)44-18-8-4/h9-14H,5-8,15-22H2,1-4H3. The van der Waals surface area contributed by atoms with Gasteiger partial charge in [0.2, 0.25) is 27.2 Å². The summed E-state index contributed by atoms with van der Waals surface area (Å²) >= 11 is 0. The Morgan fingerprint density at radius 2 is 0.704 bits per heavy atom. The Hall–Kier alpha value is -6.34. The van der Waals surface area contributed by atoms with Gasteiger partial charge in [0.15, 0.2) is 23.0 Å². The first kappa shape index (κ1) is 43.8. The lowest BCUT2D eigenvalue weighted by molar-refractivity contribution is -0.187. The molecule has 20 heteroatoms. The van der Waals surface area contributed by atoms with Crippen LogP contribution in [-0.4, -0.2) is 90.2 Å². The van der Waals surface area contributed by atoms with E-state index in [4.69, 9.17) is 66.6 Å². The van der Waals surface area contributed by atoms with Gasteiger partial charge in [0, 0.05) is 0 Å². The molecule has 0 N–H and O–H groups in total. The lowest BCUT2D eigenvalue weighted by Crippen LogP contribution is -2.18. The number of ether oxygens (including phenoxy) is 12. The van der Waals surface area contributed by atoms with Crippen molar-refractivity contribution in [3.05, 3.63) is 47.5 Å². The topological polar surface area (TPSA) is 232 Å². The van der Waals surface area contributed by atoms with E-state index in [0.717, 1.165) is 0 Å². The second kappa shape index (κ2) is 25.6. The second-order valence-electron chi connectivity index (χ2n) is 10.0. The quantitative estimate of drug-likeness (QED) is 0.0425. The minimum absolute atomic E-state index is 0.0781. The molecule has 20 nitrogen and oxygen atoms in total. The number of para-hydroxylation sites is 2. The summed E-state index contributed by atoms with van der Waals surface area (Å²) in [5.74, 6) is -3.76. The predicted molar refractivity (Wildman–Crippen MR) is 177 cm³/mol. The van der Waals surface area contributed by atoms with Gasteiger partial charge in [0.05, 0.1) is 26.4 Å². The summed E-state index contributed by atoms with van der Waals surface area (Å²) < 4.78 is 60.3. The van der Waals surface area contributed by atoms with Gasteiger partial charge >= 0.3 is 36.6 Å². The van der Waals surface area contributed by atoms with E-state index in [2.05, 4.69) is 0 Å². The molecule has 0 bridgehead atoms. The van der Waals surface area contributed by atoms with Gasteiger partial charge in [-0.1, -0.05) is 39.8 Å². The Bertz CT molecular complexity index is 1400. The molecule has 0 aromatic heterocycles. The number of hydrogen-bond acceptors (Lipinski definition) is 20. The van der Waals surface area contributed by atoms with Crippen LogP contribution in [0.1, 0.15) is 74.1 Å². The maximum absolute atomic E-state index is 13.2. The smallest absolute Gasteiger partial charge is 0.453 e. The normalized spacial score (nSPS) is 10.1. The van der Waals surface area contributed by atoms with Crippen molar-refractivity contribution < 1.29 is 95.4 Å². The van der Waals surface area contributed by atoms with E-state index in [1.165, 1.54) is 36.4 Å². The van der Waals surface area contributed by atoms with E-state index < -0.39 is 74.9 Å². The molecule has 2 aromatic carbocycles. The maximum atomic E-state index is 13.2. The minimum Gasteiger partial charge on any atom is -0.453 e. The number of rotatable bonds is 22. The molecule has 0 saturated heterocycles. The van der Waals surface area contributed by atoms with Crippen LogP contribution in [0.4, 0.5) is 19.2 Å². The molecule has 0 aliphatic rings. The first-order valence-corrected chi connectivity index (χ1v) is 16.5. The lowest BCUT2D eigenvalue weighted by Gasteiger charge is -2.16. The molecule has 0 aliphatic carbocycles. The van der Waals surface area contributed by atoms with E-state index in [1.807, 2.05) is 0 Å². The van der Waals surface area contributed by atoms with Crippen molar-refractivity contribution in [2.45, 2.75) is 53.4 Å². The highest BCUT2D eigenvalue weighted by Gasteiger charge is 2.26. The van der Waals surface area contributed by atoms with Crippen molar-refractivity contribution in [2.75, 3.05) is 53.6 Å². The van der Waals surface area contributed by atoms with E-state index in [0.29, 0.717) is 25.7 Å². The monoisotopic (exact) mass is 770 g/mol. The Morgan fingerprint density at radius 3 is 1.00 bits per heavy atom. The Labute approximate surface area is 309 Å². The Morgan fingerprint density at radius 1 is 0.407 bits per heavy atom. The fourth-order valence-corrected chi connectivity index (χ4v) is 3.51. The van der Waals surface area contributed by atoms with Crippen LogP contribution in [0.2, 0.25) is 0 Å². The third kappa shape index (κ3) is 16.3. The van der Waals surface area contributed by atoms with Crippen LogP contribution in [0.5, 0.6) is 23.0 Å². The van der Waals surface area contributed by atoms with Crippen molar-refractivity contribution in [1.29, 1.82) is 0 Å². The summed E-state index contributed by atoms with van der Waals surface area (Å²) in [5.41, 5.74) is -0.807. The Balaban J connectivity index is 2.25. The highest BCUT2D eigenvalue weighted by molar-refractivity contribution is 5.96. The van der Waals surface area contributed by atoms with Gasteiger partial charge in [-0.25, -0.2) is 38.5 Å². The van der Waals surface area contributed by atoms with Crippen LogP contribution in [0.3, 0.4) is 0 Å². The van der Waals surface area contributed by atoms with E-state index in [-0.39, 0.29) is 49.4 Å². The number of carbonyl (C=O) groups is 6. The fraction of sp³-hybridized carbons (Fsp3) is 0.471. The molecule has 0 saturated carbocycles.